The average Bonchev–Trinajstić information content (AvgIpc) is 2.48. The number of rotatable bonds is 3. The largest absolute Gasteiger partial charge is 0.426 e. The number of esters is 1. The number of hydrogen-bond donors (Lipinski definition) is 1. The molecule has 0 aliphatic carbocycles. The van der Waals surface area contributed by atoms with Crippen LogP contribution in [0.15, 0.2) is 48.5 Å². The van der Waals surface area contributed by atoms with E-state index < -0.39 is 22.3 Å². The normalized spacial score (nSPS) is 18.6. The highest BCUT2D eigenvalue weighted by atomic mass is 35.5. The predicted octanol–water partition coefficient (Wildman–Crippen LogP) is 2.60. The van der Waals surface area contributed by atoms with Crippen molar-refractivity contribution in [3.05, 3.63) is 59.1 Å². The minimum absolute atomic E-state index is 0.144. The molecular formula is C15H12ClNO5S. The maximum atomic E-state index is 12.1. The second-order valence-electron chi connectivity index (χ2n) is 4.88. The maximum absolute atomic E-state index is 12.1. The summed E-state index contributed by atoms with van der Waals surface area (Å²) in [4.78, 5) is 12.1. The van der Waals surface area contributed by atoms with Crippen LogP contribution in [0, 0.1) is 0 Å². The zero-order valence-electron chi connectivity index (χ0n) is 11.7. The Kier molecular flexibility index (Phi) is 4.25. The fourth-order valence-electron chi connectivity index (χ4n) is 2.23. The van der Waals surface area contributed by atoms with Gasteiger partial charge in [0.1, 0.15) is 11.5 Å². The molecule has 0 unspecified atom stereocenters. The lowest BCUT2D eigenvalue weighted by atomic mass is 10.0. The average molecular weight is 354 g/mol. The molecule has 0 saturated heterocycles. The lowest BCUT2D eigenvalue weighted by Crippen LogP contribution is -2.38. The van der Waals surface area contributed by atoms with Crippen LogP contribution in [0.3, 0.4) is 0 Å². The van der Waals surface area contributed by atoms with Gasteiger partial charge < -0.3 is 8.92 Å². The number of nitrogens with one attached hydrogen (secondary N) is 1. The first-order chi connectivity index (χ1) is 10.9. The van der Waals surface area contributed by atoms with Gasteiger partial charge in [-0.1, -0.05) is 29.8 Å². The van der Waals surface area contributed by atoms with E-state index in [0.29, 0.717) is 16.3 Å². The molecule has 2 aromatic carbocycles. The van der Waals surface area contributed by atoms with Crippen molar-refractivity contribution in [2.24, 2.45) is 0 Å². The summed E-state index contributed by atoms with van der Waals surface area (Å²) in [5, 5.41) is 0.412. The highest BCUT2D eigenvalue weighted by molar-refractivity contribution is 7.85. The topological polar surface area (TPSA) is 81.7 Å². The summed E-state index contributed by atoms with van der Waals surface area (Å²) in [6, 6.07) is 12.2. The molecule has 6 nitrogen and oxygen atoms in total. The number of hydrogen-bond acceptors (Lipinski definition) is 5. The first-order valence-corrected chi connectivity index (χ1v) is 8.48. The smallest absolute Gasteiger partial charge is 0.383 e. The van der Waals surface area contributed by atoms with Gasteiger partial charge in [0.05, 0.1) is 12.5 Å². The van der Waals surface area contributed by atoms with Gasteiger partial charge in [-0.25, -0.2) is 0 Å². The van der Waals surface area contributed by atoms with Gasteiger partial charge in [-0.2, -0.15) is 13.1 Å². The van der Waals surface area contributed by atoms with Crippen molar-refractivity contribution in [1.82, 2.24) is 4.72 Å². The Bertz CT molecular complexity index is 838. The number of carbonyl (C=O) groups excluding carboxylic acids is 1. The molecule has 2 aromatic rings. The van der Waals surface area contributed by atoms with E-state index in [1.54, 1.807) is 36.4 Å². The van der Waals surface area contributed by atoms with Crippen LogP contribution < -0.4 is 13.6 Å². The van der Waals surface area contributed by atoms with E-state index in [-0.39, 0.29) is 12.2 Å². The molecule has 0 spiro atoms. The molecule has 3 rings (SSSR count). The van der Waals surface area contributed by atoms with Crippen molar-refractivity contribution in [3.8, 4) is 11.5 Å². The summed E-state index contributed by atoms with van der Waals surface area (Å²) < 4.78 is 35.8. The van der Waals surface area contributed by atoms with Crippen molar-refractivity contribution >= 4 is 27.9 Å². The molecule has 0 saturated carbocycles. The van der Waals surface area contributed by atoms with E-state index >= 15 is 0 Å². The van der Waals surface area contributed by atoms with Gasteiger partial charge in [0.15, 0.2) is 0 Å². The van der Waals surface area contributed by atoms with Gasteiger partial charge in [0.25, 0.3) is 0 Å². The number of fused-ring (bicyclic) bond motifs is 1. The summed E-state index contributed by atoms with van der Waals surface area (Å²) in [5.74, 6) is -0.0406. The predicted molar refractivity (Wildman–Crippen MR) is 83.6 cm³/mol. The van der Waals surface area contributed by atoms with Gasteiger partial charge >= 0.3 is 16.3 Å². The summed E-state index contributed by atoms with van der Waals surface area (Å²) >= 11 is 5.93. The number of para-hydroxylation sites is 1. The molecule has 0 fully saturated rings. The van der Waals surface area contributed by atoms with Gasteiger partial charge in [0, 0.05) is 10.6 Å². The Labute approximate surface area is 138 Å². The zero-order chi connectivity index (χ0) is 16.4. The van der Waals surface area contributed by atoms with Crippen LogP contribution in [0.1, 0.15) is 18.0 Å². The first-order valence-electron chi connectivity index (χ1n) is 6.70. The van der Waals surface area contributed by atoms with Gasteiger partial charge in [-0.15, -0.1) is 0 Å². The number of carbonyl (C=O) groups is 1. The molecule has 0 amide bonds. The molecule has 0 aromatic heterocycles. The first kappa shape index (κ1) is 15.8. The third-order valence-corrected chi connectivity index (χ3v) is 4.39. The van der Waals surface area contributed by atoms with Crippen molar-refractivity contribution in [3.63, 3.8) is 0 Å². The summed E-state index contributed by atoms with van der Waals surface area (Å²) in [5.41, 5.74) is 0.484. The maximum Gasteiger partial charge on any atom is 0.383 e. The van der Waals surface area contributed by atoms with E-state index in [1.807, 2.05) is 0 Å². The SMILES string of the molecule is O=C(C[C@H]1NS(=O)(=O)Oc2ccc(Cl)cc21)Oc1ccccc1. The summed E-state index contributed by atoms with van der Waals surface area (Å²) in [6.45, 7) is 0. The molecule has 1 aliphatic rings. The minimum atomic E-state index is -3.98. The molecule has 1 atom stereocenters. The molecule has 8 heteroatoms. The Morgan fingerprint density at radius 1 is 1.22 bits per heavy atom. The minimum Gasteiger partial charge on any atom is -0.426 e. The second-order valence-corrected chi connectivity index (χ2v) is 6.63. The number of halogens is 1. The Balaban J connectivity index is 1.82. The van der Waals surface area contributed by atoms with E-state index in [1.165, 1.54) is 12.1 Å². The third kappa shape index (κ3) is 3.82. The van der Waals surface area contributed by atoms with Crippen molar-refractivity contribution in [2.75, 3.05) is 0 Å². The Morgan fingerprint density at radius 3 is 2.70 bits per heavy atom. The van der Waals surface area contributed by atoms with Crippen LogP contribution in [0.25, 0.3) is 0 Å². The van der Waals surface area contributed by atoms with E-state index in [9.17, 15) is 13.2 Å². The quantitative estimate of drug-likeness (QED) is 0.677. The van der Waals surface area contributed by atoms with E-state index in [4.69, 9.17) is 20.5 Å². The molecule has 23 heavy (non-hydrogen) atoms. The van der Waals surface area contributed by atoms with Gasteiger partial charge in [-0.3, -0.25) is 4.79 Å². The molecule has 1 heterocycles. The van der Waals surface area contributed by atoms with Crippen LogP contribution in [0.5, 0.6) is 11.5 Å². The zero-order valence-corrected chi connectivity index (χ0v) is 13.3. The highest BCUT2D eigenvalue weighted by Gasteiger charge is 2.32. The standard InChI is InChI=1S/C15H12ClNO5S/c16-10-6-7-14-12(8-10)13(17-23(19,20)22-14)9-15(18)21-11-4-2-1-3-5-11/h1-8,13,17H,9H2/t13-/m1/s1. The number of ether oxygens (including phenoxy) is 1. The van der Waals surface area contributed by atoms with Crippen molar-refractivity contribution in [2.45, 2.75) is 12.5 Å². The van der Waals surface area contributed by atoms with Crippen LogP contribution in [0.4, 0.5) is 0 Å². The lowest BCUT2D eigenvalue weighted by molar-refractivity contribution is -0.134. The lowest BCUT2D eigenvalue weighted by Gasteiger charge is -2.25. The van der Waals surface area contributed by atoms with Crippen LogP contribution in [0.2, 0.25) is 5.02 Å². The van der Waals surface area contributed by atoms with Crippen LogP contribution in [-0.2, 0) is 15.1 Å². The molecule has 1 aliphatic heterocycles. The van der Waals surface area contributed by atoms with Gasteiger partial charge in [0.2, 0.25) is 0 Å². The fourth-order valence-corrected chi connectivity index (χ4v) is 3.40. The van der Waals surface area contributed by atoms with Crippen LogP contribution in [-0.4, -0.2) is 14.4 Å². The highest BCUT2D eigenvalue weighted by Crippen LogP contribution is 2.35. The Hall–Kier alpha value is -2.09. The molecule has 0 bridgehead atoms. The molecule has 1 N–H and O–H groups in total. The van der Waals surface area contributed by atoms with E-state index in [0.717, 1.165) is 0 Å². The number of benzene rings is 2. The monoisotopic (exact) mass is 353 g/mol. The second kappa shape index (κ2) is 6.19. The molecule has 0 radical (unpaired) electrons. The van der Waals surface area contributed by atoms with E-state index in [2.05, 4.69) is 4.72 Å². The van der Waals surface area contributed by atoms with Crippen LogP contribution >= 0.6 is 11.6 Å². The summed E-state index contributed by atoms with van der Waals surface area (Å²) in [7, 11) is -3.98. The molecular weight excluding hydrogens is 342 g/mol. The van der Waals surface area contributed by atoms with Crippen molar-refractivity contribution < 1.29 is 22.1 Å². The third-order valence-electron chi connectivity index (χ3n) is 3.18. The fraction of sp³-hybridized carbons (Fsp3) is 0.133. The Morgan fingerprint density at radius 2 is 1.96 bits per heavy atom. The molecule has 120 valence electrons. The van der Waals surface area contributed by atoms with Crippen molar-refractivity contribution in [1.29, 1.82) is 0 Å². The summed E-state index contributed by atoms with van der Waals surface area (Å²) in [6.07, 6.45) is -0.190. The van der Waals surface area contributed by atoms with Gasteiger partial charge in [-0.05, 0) is 30.3 Å².